The molecule has 1 amide bonds. The summed E-state index contributed by atoms with van der Waals surface area (Å²) in [5, 5.41) is 11.4. The van der Waals surface area contributed by atoms with Crippen LogP contribution in [0.15, 0.2) is 36.8 Å². The van der Waals surface area contributed by atoms with Crippen molar-refractivity contribution in [2.24, 2.45) is 0 Å². The molecule has 0 saturated heterocycles. The molecule has 3 aromatic rings. The second-order valence-corrected chi connectivity index (χ2v) is 6.98. The van der Waals surface area contributed by atoms with Crippen LogP contribution in [-0.4, -0.2) is 30.5 Å². The highest BCUT2D eigenvalue weighted by molar-refractivity contribution is 14.1. The minimum Gasteiger partial charge on any atom is -0.293 e. The minimum atomic E-state index is -0.128. The summed E-state index contributed by atoms with van der Waals surface area (Å²) < 4.78 is 4.59. The monoisotopic (exact) mass is 450 g/mol. The summed E-state index contributed by atoms with van der Waals surface area (Å²) in [4.78, 5) is 16.2. The third-order valence-corrected chi connectivity index (χ3v) is 4.89. The van der Waals surface area contributed by atoms with E-state index in [1.807, 2.05) is 25.3 Å². The van der Waals surface area contributed by atoms with E-state index < -0.39 is 0 Å². The smallest absolute Gasteiger partial charge is 0.248 e. The number of carbonyl (C=O) groups is 1. The lowest BCUT2D eigenvalue weighted by molar-refractivity contribution is -0.116. The Morgan fingerprint density at radius 1 is 1.20 bits per heavy atom. The van der Waals surface area contributed by atoms with Crippen molar-refractivity contribution in [3.05, 3.63) is 57.2 Å². The van der Waals surface area contributed by atoms with E-state index in [1.165, 1.54) is 11.1 Å². The zero-order chi connectivity index (χ0) is 17.8. The summed E-state index contributed by atoms with van der Waals surface area (Å²) in [5.41, 5.74) is 3.35. The van der Waals surface area contributed by atoms with Gasteiger partial charge in [-0.2, -0.15) is 5.10 Å². The molecule has 0 unspecified atom stereocenters. The zero-order valence-corrected chi connectivity index (χ0v) is 16.3. The van der Waals surface area contributed by atoms with Crippen molar-refractivity contribution in [2.75, 3.05) is 5.32 Å². The largest absolute Gasteiger partial charge is 0.293 e. The van der Waals surface area contributed by atoms with Gasteiger partial charge in [-0.25, -0.2) is 9.67 Å². The number of nitrogens with zero attached hydrogens (tertiary/aromatic N) is 5. The summed E-state index contributed by atoms with van der Waals surface area (Å²) in [7, 11) is 0. The molecule has 130 valence electrons. The first-order chi connectivity index (χ1) is 12.0. The fourth-order valence-corrected chi connectivity index (χ4v) is 2.83. The highest BCUT2D eigenvalue weighted by atomic mass is 127. The molecule has 0 aliphatic heterocycles. The molecule has 2 aromatic heterocycles. The van der Waals surface area contributed by atoms with Crippen LogP contribution >= 0.6 is 22.6 Å². The summed E-state index contributed by atoms with van der Waals surface area (Å²) in [6.07, 6.45) is 3.88. The molecular weight excluding hydrogens is 431 g/mol. The van der Waals surface area contributed by atoms with Crippen LogP contribution in [0.25, 0.3) is 0 Å². The molecule has 0 radical (unpaired) electrons. The number of hydrogen-bond acceptors (Lipinski definition) is 4. The lowest BCUT2D eigenvalue weighted by Gasteiger charge is -2.04. The fraction of sp³-hybridized carbons (Fsp3) is 0.294. The van der Waals surface area contributed by atoms with E-state index >= 15 is 0 Å². The van der Waals surface area contributed by atoms with Gasteiger partial charge < -0.3 is 0 Å². The van der Waals surface area contributed by atoms with Crippen molar-refractivity contribution in [3.63, 3.8) is 0 Å². The third kappa shape index (κ3) is 4.65. The molecule has 0 aliphatic carbocycles. The number of carbonyl (C=O) groups excluding carboxylic acids is 1. The molecule has 0 saturated carbocycles. The number of anilines is 1. The number of aromatic nitrogens is 5. The van der Waals surface area contributed by atoms with Gasteiger partial charge in [0.15, 0.2) is 0 Å². The van der Waals surface area contributed by atoms with E-state index in [9.17, 15) is 4.79 Å². The highest BCUT2D eigenvalue weighted by Crippen LogP contribution is 2.10. The van der Waals surface area contributed by atoms with E-state index in [0.717, 1.165) is 9.26 Å². The van der Waals surface area contributed by atoms with Crippen molar-refractivity contribution in [1.82, 2.24) is 24.5 Å². The molecule has 1 aromatic carbocycles. The number of halogens is 1. The number of aryl methyl sites for hydroxylation is 3. The predicted molar refractivity (Wildman–Crippen MR) is 103 cm³/mol. The van der Waals surface area contributed by atoms with Crippen LogP contribution in [0.1, 0.15) is 23.2 Å². The van der Waals surface area contributed by atoms with E-state index in [0.29, 0.717) is 25.5 Å². The van der Waals surface area contributed by atoms with Gasteiger partial charge in [-0.05, 0) is 47.6 Å². The normalized spacial score (nSPS) is 10.8. The van der Waals surface area contributed by atoms with Crippen molar-refractivity contribution in [1.29, 1.82) is 0 Å². The van der Waals surface area contributed by atoms with Gasteiger partial charge in [0.1, 0.15) is 6.33 Å². The van der Waals surface area contributed by atoms with Gasteiger partial charge in [-0.15, -0.1) is 5.10 Å². The number of nitrogens with one attached hydrogen (secondary N) is 1. The van der Waals surface area contributed by atoms with Gasteiger partial charge >= 0.3 is 0 Å². The van der Waals surface area contributed by atoms with E-state index in [1.54, 1.807) is 15.7 Å². The van der Waals surface area contributed by atoms with Crippen molar-refractivity contribution in [3.8, 4) is 0 Å². The predicted octanol–water partition coefficient (Wildman–Crippen LogP) is 2.77. The maximum atomic E-state index is 12.1. The number of amides is 1. The minimum absolute atomic E-state index is 0.128. The van der Waals surface area contributed by atoms with E-state index in [-0.39, 0.29) is 5.91 Å². The molecule has 0 fully saturated rings. The summed E-state index contributed by atoms with van der Waals surface area (Å²) in [6.45, 7) is 5.16. The molecule has 8 heteroatoms. The van der Waals surface area contributed by atoms with Crippen LogP contribution in [-0.2, 0) is 17.9 Å². The average Bonchev–Trinajstić information content (AvgIpc) is 3.14. The van der Waals surface area contributed by atoms with Gasteiger partial charge in [-0.1, -0.05) is 24.3 Å². The van der Waals surface area contributed by atoms with Crippen LogP contribution in [0.2, 0.25) is 0 Å². The maximum absolute atomic E-state index is 12.1. The lowest BCUT2D eigenvalue weighted by Crippen LogP contribution is -2.16. The Hall–Kier alpha value is -2.23. The first-order valence-electron chi connectivity index (χ1n) is 7.94. The molecule has 25 heavy (non-hydrogen) atoms. The first-order valence-corrected chi connectivity index (χ1v) is 9.02. The Bertz CT molecular complexity index is 865. The molecular formula is C17H19IN6O. The van der Waals surface area contributed by atoms with Gasteiger partial charge in [-0.3, -0.25) is 14.8 Å². The summed E-state index contributed by atoms with van der Waals surface area (Å²) >= 11 is 2.23. The first kappa shape index (κ1) is 17.6. The van der Waals surface area contributed by atoms with Crippen LogP contribution in [0.5, 0.6) is 0 Å². The molecule has 7 nitrogen and oxygen atoms in total. The van der Waals surface area contributed by atoms with Crippen molar-refractivity contribution in [2.45, 2.75) is 33.4 Å². The van der Waals surface area contributed by atoms with Crippen LogP contribution in [0, 0.1) is 17.4 Å². The van der Waals surface area contributed by atoms with Gasteiger partial charge in [0.05, 0.1) is 15.8 Å². The number of benzene rings is 1. The van der Waals surface area contributed by atoms with E-state index in [2.05, 4.69) is 62.1 Å². The SMILES string of the molecule is Cc1ccccc1Cn1cnc(NC(=O)CCn2cc(I)c(C)n2)n1. The van der Waals surface area contributed by atoms with E-state index in [4.69, 9.17) is 0 Å². The van der Waals surface area contributed by atoms with Crippen molar-refractivity contribution < 1.29 is 4.79 Å². The van der Waals surface area contributed by atoms with Crippen molar-refractivity contribution >= 4 is 34.4 Å². The topological polar surface area (TPSA) is 77.6 Å². The van der Waals surface area contributed by atoms with Crippen LogP contribution in [0.4, 0.5) is 5.95 Å². The second-order valence-electron chi connectivity index (χ2n) is 5.82. The molecule has 1 N–H and O–H groups in total. The fourth-order valence-electron chi connectivity index (χ4n) is 2.40. The molecule has 2 heterocycles. The van der Waals surface area contributed by atoms with Crippen LogP contribution in [0.3, 0.4) is 0 Å². The summed E-state index contributed by atoms with van der Waals surface area (Å²) in [5.74, 6) is 0.196. The molecule has 3 rings (SSSR count). The maximum Gasteiger partial charge on any atom is 0.248 e. The molecule has 0 atom stereocenters. The Morgan fingerprint density at radius 2 is 2.00 bits per heavy atom. The standard InChI is InChI=1S/C17H19IN6O/c1-12-5-3-4-6-14(12)9-24-11-19-17(22-24)20-16(25)7-8-23-10-15(18)13(2)21-23/h3-6,10-11H,7-9H2,1-2H3,(H,20,22,25). The Balaban J connectivity index is 1.54. The third-order valence-electron chi connectivity index (χ3n) is 3.84. The van der Waals surface area contributed by atoms with Gasteiger partial charge in [0, 0.05) is 19.2 Å². The van der Waals surface area contributed by atoms with Crippen LogP contribution < -0.4 is 5.32 Å². The average molecular weight is 450 g/mol. The number of hydrogen-bond donors (Lipinski definition) is 1. The quantitative estimate of drug-likeness (QED) is 0.586. The molecule has 0 spiro atoms. The Labute approximate surface area is 159 Å². The highest BCUT2D eigenvalue weighted by Gasteiger charge is 2.09. The molecule has 0 bridgehead atoms. The Kier molecular flexibility index (Phi) is 5.47. The number of rotatable bonds is 6. The second kappa shape index (κ2) is 7.77. The Morgan fingerprint density at radius 3 is 2.72 bits per heavy atom. The summed E-state index contributed by atoms with van der Waals surface area (Å²) in [6, 6.07) is 8.13. The lowest BCUT2D eigenvalue weighted by atomic mass is 10.1. The molecule has 0 aliphatic rings. The van der Waals surface area contributed by atoms with Gasteiger partial charge in [0.25, 0.3) is 0 Å². The zero-order valence-electron chi connectivity index (χ0n) is 14.1. The van der Waals surface area contributed by atoms with Gasteiger partial charge in [0.2, 0.25) is 11.9 Å².